The van der Waals surface area contributed by atoms with Crippen molar-refractivity contribution in [2.45, 2.75) is 26.2 Å². The number of aromatic nitrogens is 1. The fourth-order valence-electron chi connectivity index (χ4n) is 6.19. The van der Waals surface area contributed by atoms with Crippen molar-refractivity contribution in [1.82, 2.24) is 4.57 Å². The van der Waals surface area contributed by atoms with Gasteiger partial charge in [-0.1, -0.05) is 83.9 Å². The second-order valence-electron chi connectivity index (χ2n) is 10.5. The number of aryl methyl sites for hydroxylation is 1. The van der Waals surface area contributed by atoms with Gasteiger partial charge in [-0.05, 0) is 79.3 Å². The molecule has 0 unspecified atom stereocenters. The van der Waals surface area contributed by atoms with Crippen molar-refractivity contribution in [3.63, 3.8) is 0 Å². The van der Waals surface area contributed by atoms with Crippen LogP contribution in [0.15, 0.2) is 119 Å². The molecule has 38 heavy (non-hydrogen) atoms. The van der Waals surface area contributed by atoms with Crippen molar-refractivity contribution in [2.24, 2.45) is 0 Å². The van der Waals surface area contributed by atoms with Crippen LogP contribution in [0.25, 0.3) is 55.0 Å². The Morgan fingerprint density at radius 3 is 2.05 bits per heavy atom. The van der Waals surface area contributed by atoms with Crippen molar-refractivity contribution in [2.75, 3.05) is 0 Å². The second-order valence-corrected chi connectivity index (χ2v) is 10.5. The molecule has 5 aromatic carbocycles. The van der Waals surface area contributed by atoms with Gasteiger partial charge in [0.05, 0.1) is 16.4 Å². The highest BCUT2D eigenvalue weighted by molar-refractivity contribution is 6.23. The van der Waals surface area contributed by atoms with Crippen LogP contribution in [0.3, 0.4) is 0 Å². The van der Waals surface area contributed by atoms with Gasteiger partial charge < -0.3 is 8.98 Å². The maximum absolute atomic E-state index is 6.46. The number of para-hydroxylation sites is 2. The molecule has 8 rings (SSSR count). The van der Waals surface area contributed by atoms with Gasteiger partial charge in [0.15, 0.2) is 0 Å². The van der Waals surface area contributed by atoms with Crippen LogP contribution in [0.5, 0.6) is 0 Å². The highest BCUT2D eigenvalue weighted by Gasteiger charge is 2.20. The van der Waals surface area contributed by atoms with Crippen LogP contribution in [-0.4, -0.2) is 4.57 Å². The maximum Gasteiger partial charge on any atom is 0.145 e. The topological polar surface area (TPSA) is 18.1 Å². The minimum absolute atomic E-state index is 0.934. The van der Waals surface area contributed by atoms with Gasteiger partial charge in [0, 0.05) is 21.8 Å². The van der Waals surface area contributed by atoms with E-state index in [9.17, 15) is 0 Å². The van der Waals surface area contributed by atoms with Gasteiger partial charge in [0.25, 0.3) is 0 Å². The molecule has 2 heteroatoms. The predicted molar refractivity (Wildman–Crippen MR) is 159 cm³/mol. The maximum atomic E-state index is 6.46. The van der Waals surface area contributed by atoms with Gasteiger partial charge in [-0.3, -0.25) is 0 Å². The Labute approximate surface area is 221 Å². The molecular formula is C36H27NO. The molecule has 2 heterocycles. The number of furan rings is 1. The summed E-state index contributed by atoms with van der Waals surface area (Å²) in [5, 5.41) is 4.72. The van der Waals surface area contributed by atoms with Gasteiger partial charge in [-0.15, -0.1) is 0 Å². The normalized spacial score (nSPS) is 13.6. The van der Waals surface area contributed by atoms with E-state index in [0.29, 0.717) is 0 Å². The quantitative estimate of drug-likeness (QED) is 0.241. The van der Waals surface area contributed by atoms with Gasteiger partial charge in [-0.25, -0.2) is 0 Å². The molecule has 1 fully saturated rings. The first kappa shape index (κ1) is 21.5. The molecule has 0 bridgehead atoms. The summed E-state index contributed by atoms with van der Waals surface area (Å²) in [7, 11) is 0. The number of fused-ring (bicyclic) bond motifs is 7. The number of rotatable bonds is 3. The highest BCUT2D eigenvalue weighted by atomic mass is 16.3. The number of allylic oxidation sites excluding steroid dienone is 1. The van der Waals surface area contributed by atoms with E-state index in [4.69, 9.17) is 4.42 Å². The van der Waals surface area contributed by atoms with Crippen molar-refractivity contribution >= 4 is 49.3 Å². The molecule has 7 aromatic rings. The van der Waals surface area contributed by atoms with Crippen LogP contribution >= 0.6 is 0 Å². The molecule has 2 nitrogen and oxygen atoms in total. The molecule has 0 amide bonds. The van der Waals surface area contributed by atoms with Gasteiger partial charge in [-0.2, -0.15) is 0 Å². The molecule has 1 aliphatic carbocycles. The van der Waals surface area contributed by atoms with Crippen LogP contribution in [0.1, 0.15) is 36.0 Å². The lowest BCUT2D eigenvalue weighted by Gasteiger charge is -2.23. The van der Waals surface area contributed by atoms with Gasteiger partial charge in [0.2, 0.25) is 0 Å². The van der Waals surface area contributed by atoms with Crippen molar-refractivity contribution in [1.29, 1.82) is 0 Å². The Bertz CT molecular complexity index is 2030. The molecule has 1 saturated carbocycles. The van der Waals surface area contributed by atoms with Gasteiger partial charge in [0.1, 0.15) is 11.2 Å². The minimum Gasteiger partial charge on any atom is -0.455 e. The summed E-state index contributed by atoms with van der Waals surface area (Å²) in [6.45, 7) is 2.15. The number of benzene rings is 5. The summed E-state index contributed by atoms with van der Waals surface area (Å²) in [5.74, 6) is 0. The van der Waals surface area contributed by atoms with E-state index >= 15 is 0 Å². The Morgan fingerprint density at radius 2 is 1.32 bits per heavy atom. The SMILES string of the molecule is Cc1ccc(C(=C2CCC2)c2ccc(-n3c4ccccc4c4c5oc6ccccc6c5ccc43)cc2)cc1. The lowest BCUT2D eigenvalue weighted by Crippen LogP contribution is -2.03. The largest absolute Gasteiger partial charge is 0.455 e. The monoisotopic (exact) mass is 489 g/mol. The van der Waals surface area contributed by atoms with Crippen LogP contribution in [0.4, 0.5) is 0 Å². The summed E-state index contributed by atoms with van der Waals surface area (Å²) in [6, 6.07) is 39.6. The summed E-state index contributed by atoms with van der Waals surface area (Å²) in [5.41, 5.74) is 12.3. The van der Waals surface area contributed by atoms with Crippen LogP contribution in [0.2, 0.25) is 0 Å². The fraction of sp³-hybridized carbons (Fsp3) is 0.111. The van der Waals surface area contributed by atoms with Crippen molar-refractivity contribution < 1.29 is 4.42 Å². The highest BCUT2D eigenvalue weighted by Crippen LogP contribution is 2.41. The summed E-state index contributed by atoms with van der Waals surface area (Å²) in [6.07, 6.45) is 3.69. The van der Waals surface area contributed by atoms with E-state index in [-0.39, 0.29) is 0 Å². The Morgan fingerprint density at radius 1 is 0.632 bits per heavy atom. The van der Waals surface area contributed by atoms with E-state index in [1.165, 1.54) is 74.1 Å². The zero-order valence-electron chi connectivity index (χ0n) is 21.4. The average Bonchev–Trinajstić information content (AvgIpc) is 3.47. The third kappa shape index (κ3) is 3.13. The van der Waals surface area contributed by atoms with E-state index in [0.717, 1.165) is 16.9 Å². The molecule has 1 aliphatic rings. The Hall–Kier alpha value is -4.56. The zero-order chi connectivity index (χ0) is 25.2. The van der Waals surface area contributed by atoms with E-state index in [1.807, 2.05) is 6.07 Å². The molecule has 182 valence electrons. The van der Waals surface area contributed by atoms with E-state index in [2.05, 4.69) is 115 Å². The standard InChI is InChI=1S/C36H27NO/c1-23-13-15-25(16-14-23)34(24-7-6-8-24)26-17-19-27(20-18-26)37-31-11-4-2-10-30(31)35-32(37)22-21-29-28-9-3-5-12-33(28)38-36(29)35/h2-5,9-22H,6-8H2,1H3. The van der Waals surface area contributed by atoms with Crippen LogP contribution in [-0.2, 0) is 0 Å². The third-order valence-corrected chi connectivity index (χ3v) is 8.25. The summed E-state index contributed by atoms with van der Waals surface area (Å²) >= 11 is 0. The molecular weight excluding hydrogens is 462 g/mol. The Kier molecular flexibility index (Phi) is 4.66. The molecule has 0 atom stereocenters. The first-order chi connectivity index (χ1) is 18.8. The lowest BCUT2D eigenvalue weighted by atomic mass is 9.82. The molecule has 2 aromatic heterocycles. The van der Waals surface area contributed by atoms with E-state index in [1.54, 1.807) is 5.57 Å². The minimum atomic E-state index is 0.934. The first-order valence-corrected chi connectivity index (χ1v) is 13.5. The third-order valence-electron chi connectivity index (χ3n) is 8.25. The number of hydrogen-bond acceptors (Lipinski definition) is 1. The lowest BCUT2D eigenvalue weighted by molar-refractivity contribution is 0.666. The Balaban J connectivity index is 1.33. The molecule has 0 saturated heterocycles. The van der Waals surface area contributed by atoms with Crippen molar-refractivity contribution in [3.05, 3.63) is 131 Å². The number of nitrogens with zero attached hydrogens (tertiary/aromatic N) is 1. The predicted octanol–water partition coefficient (Wildman–Crippen LogP) is 9.98. The first-order valence-electron chi connectivity index (χ1n) is 13.5. The van der Waals surface area contributed by atoms with Gasteiger partial charge >= 0.3 is 0 Å². The summed E-state index contributed by atoms with van der Waals surface area (Å²) in [4.78, 5) is 0. The second kappa shape index (κ2) is 8.22. The zero-order valence-corrected chi connectivity index (χ0v) is 21.4. The number of hydrogen-bond donors (Lipinski definition) is 0. The van der Waals surface area contributed by atoms with E-state index < -0.39 is 0 Å². The molecule has 0 radical (unpaired) electrons. The van der Waals surface area contributed by atoms with Crippen LogP contribution < -0.4 is 0 Å². The smallest absolute Gasteiger partial charge is 0.145 e. The molecule has 0 aliphatic heterocycles. The molecule has 0 N–H and O–H groups in total. The van der Waals surface area contributed by atoms with Crippen LogP contribution in [0, 0.1) is 6.92 Å². The molecule has 0 spiro atoms. The summed E-state index contributed by atoms with van der Waals surface area (Å²) < 4.78 is 8.83. The van der Waals surface area contributed by atoms with Crippen molar-refractivity contribution in [3.8, 4) is 5.69 Å². The average molecular weight is 490 g/mol. The fourth-order valence-corrected chi connectivity index (χ4v) is 6.19.